The van der Waals surface area contributed by atoms with Gasteiger partial charge < -0.3 is 14.6 Å². The number of halogens is 3. The fraction of sp³-hybridized carbons (Fsp3) is 0.455. The minimum atomic E-state index is -3.28. The summed E-state index contributed by atoms with van der Waals surface area (Å²) in [5, 5.41) is 19.9. The number of amides is 4. The van der Waals surface area contributed by atoms with Crippen LogP contribution < -0.4 is 10.6 Å². The Morgan fingerprint density at radius 2 is 1.66 bits per heavy atom. The lowest BCUT2D eigenvalue weighted by Gasteiger charge is -2.11. The van der Waals surface area contributed by atoms with Crippen LogP contribution in [0.2, 0.25) is 10.0 Å². The smallest absolute Gasteiger partial charge is 0.450 e. The molecule has 0 spiro atoms. The summed E-state index contributed by atoms with van der Waals surface area (Å²) >= 11 is 11.8. The Morgan fingerprint density at radius 1 is 1.08 bits per heavy atom. The number of carbonyl (C=O) groups excluding carboxylic acids is 5. The zero-order valence-electron chi connectivity index (χ0n) is 33.9. The number of hydrogen-bond acceptors (Lipinski definition) is 10. The van der Waals surface area contributed by atoms with Gasteiger partial charge in [0.2, 0.25) is 11.9 Å². The third-order valence-corrected chi connectivity index (χ3v) is 4.13. The summed E-state index contributed by atoms with van der Waals surface area (Å²) in [5.74, 6) is -3.14. The summed E-state index contributed by atoms with van der Waals surface area (Å²) in [6.45, 7) is -16.7. The van der Waals surface area contributed by atoms with Crippen LogP contribution >= 0.6 is 35.6 Å². The van der Waals surface area contributed by atoms with Crippen LogP contribution in [0.15, 0.2) is 18.2 Å². The van der Waals surface area contributed by atoms with Crippen LogP contribution in [0, 0.1) is 5.41 Å². The van der Waals surface area contributed by atoms with Crippen molar-refractivity contribution in [2.75, 3.05) is 19.7 Å². The Kier molecular flexibility index (Phi) is 9.59. The Labute approximate surface area is 257 Å². The fourth-order valence-electron chi connectivity index (χ4n) is 2.04. The lowest BCUT2D eigenvalue weighted by Crippen LogP contribution is -2.43. The lowest BCUT2D eigenvalue weighted by molar-refractivity contribution is -0.176. The number of imide groups is 1. The van der Waals surface area contributed by atoms with Crippen molar-refractivity contribution >= 4 is 71.5 Å². The van der Waals surface area contributed by atoms with E-state index in [0.717, 1.165) is 0 Å². The molecule has 16 heteroatoms. The first-order valence-electron chi connectivity index (χ1n) is 16.9. The van der Waals surface area contributed by atoms with Gasteiger partial charge in [-0.2, -0.15) is 0 Å². The molecule has 4 N–H and O–H groups in total. The molecular weight excluding hydrogens is 571 g/mol. The standard InChI is InChI=1S/C12H13Cl2N3O3.C7H9NO5.C3H8O.ClH/c1-2-20-12(19)17-11(15)16-10(18)6-7-8(13)4-3-5-9(7)14;1-2-12-7(11)13-8-5(9)3-4-6(8)10;1-2-3-4;/h3-5H,2,6H2,1H3,(H3,15,16,17,18,19);2-4H2,1H3;4H,2-3H2,1H3;1H/i3*1D3,2D2;. The summed E-state index contributed by atoms with van der Waals surface area (Å²) in [5.41, 5.74) is 0.317. The molecule has 0 aromatic heterocycles. The zero-order chi connectivity index (χ0) is 41.3. The van der Waals surface area contributed by atoms with Crippen molar-refractivity contribution in [1.82, 2.24) is 15.7 Å². The zero-order valence-corrected chi connectivity index (χ0v) is 21.2. The minimum Gasteiger partial charge on any atom is -0.450 e. The average molecular weight is 617 g/mol. The monoisotopic (exact) mass is 615 g/mol. The van der Waals surface area contributed by atoms with Gasteiger partial charge in [-0.25, -0.2) is 9.59 Å². The van der Waals surface area contributed by atoms with Crippen molar-refractivity contribution < 1.29 is 64.0 Å². The van der Waals surface area contributed by atoms with Gasteiger partial charge in [0, 0.05) is 44.6 Å². The highest BCUT2D eigenvalue weighted by Gasteiger charge is 2.33. The number of carbonyl (C=O) groups is 5. The summed E-state index contributed by atoms with van der Waals surface area (Å²) < 4.78 is 110. The molecule has 1 aliphatic rings. The van der Waals surface area contributed by atoms with Gasteiger partial charge in [-0.05, 0) is 37.8 Å². The molecule has 0 saturated carbocycles. The number of hydrogen-bond donors (Lipinski definition) is 4. The van der Waals surface area contributed by atoms with E-state index in [4.69, 9.17) is 54.3 Å². The van der Waals surface area contributed by atoms with E-state index in [1.807, 2.05) is 5.32 Å². The molecule has 0 bridgehead atoms. The Bertz CT molecular complexity index is 1460. The van der Waals surface area contributed by atoms with Crippen molar-refractivity contribution in [2.45, 2.75) is 46.2 Å². The molecule has 4 amide bonds. The van der Waals surface area contributed by atoms with Crippen LogP contribution in [0.3, 0.4) is 0 Å². The number of nitrogens with zero attached hydrogens (tertiary/aromatic N) is 1. The van der Waals surface area contributed by atoms with Crippen molar-refractivity contribution in [1.29, 1.82) is 5.41 Å². The van der Waals surface area contributed by atoms with Gasteiger partial charge in [0.1, 0.15) is 0 Å². The largest absolute Gasteiger partial charge is 0.533 e. The molecule has 0 radical (unpaired) electrons. The molecule has 1 aromatic rings. The second-order valence-corrected chi connectivity index (χ2v) is 6.69. The Hall–Kier alpha value is -3.13. The maximum Gasteiger partial charge on any atom is 0.533 e. The minimum absolute atomic E-state index is 0. The van der Waals surface area contributed by atoms with Crippen molar-refractivity contribution in [2.24, 2.45) is 0 Å². The number of hydroxylamine groups is 2. The molecule has 0 atom stereocenters. The quantitative estimate of drug-likeness (QED) is 0.161. The number of nitrogens with one attached hydrogen (secondary N) is 3. The van der Waals surface area contributed by atoms with Gasteiger partial charge >= 0.3 is 12.2 Å². The van der Waals surface area contributed by atoms with Gasteiger partial charge in [-0.15, -0.1) is 12.4 Å². The summed E-state index contributed by atoms with van der Waals surface area (Å²) in [6.07, 6.45) is -6.36. The van der Waals surface area contributed by atoms with Crippen LogP contribution in [0.4, 0.5) is 9.59 Å². The van der Waals surface area contributed by atoms with E-state index in [1.165, 1.54) is 12.1 Å². The fourth-order valence-corrected chi connectivity index (χ4v) is 2.57. The van der Waals surface area contributed by atoms with Crippen LogP contribution in [-0.4, -0.2) is 65.8 Å². The summed E-state index contributed by atoms with van der Waals surface area (Å²) in [7, 11) is 0. The third-order valence-electron chi connectivity index (χ3n) is 3.42. The molecule has 1 aromatic carbocycles. The third kappa shape index (κ3) is 15.2. The average Bonchev–Trinajstić information content (AvgIpc) is 3.25. The molecule has 2 rings (SSSR count). The van der Waals surface area contributed by atoms with Crippen LogP contribution in [-0.2, 0) is 35.1 Å². The Morgan fingerprint density at radius 3 is 2.16 bits per heavy atom. The molecule has 1 aliphatic heterocycles. The predicted molar refractivity (Wildman–Crippen MR) is 140 cm³/mol. The van der Waals surface area contributed by atoms with Gasteiger partial charge in [0.05, 0.1) is 25.0 Å². The second kappa shape index (κ2) is 20.9. The highest BCUT2D eigenvalue weighted by atomic mass is 35.5. The molecule has 13 nitrogen and oxygen atoms in total. The highest BCUT2D eigenvalue weighted by Crippen LogP contribution is 2.24. The van der Waals surface area contributed by atoms with E-state index < -0.39 is 82.6 Å². The predicted octanol–water partition coefficient (Wildman–Crippen LogP) is 3.37. The van der Waals surface area contributed by atoms with Crippen molar-refractivity contribution in [3.05, 3.63) is 33.8 Å². The maximum absolute atomic E-state index is 11.8. The highest BCUT2D eigenvalue weighted by molar-refractivity contribution is 6.36. The Balaban J connectivity index is 0. The first-order chi connectivity index (χ1) is 23.2. The SMILES string of the molecule is Cl.[2H]C([2H])([2H])C([2H])([2H])CO.[2H]C([2H])([2H])C([2H])([2H])OC(=O)NC(=N)NC(=O)Cc1c(Cl)cccc1Cl.[2H]C([2H])([2H])C([2H])([2H])OC(=O)ON1C(=O)CCC1=O. The molecular formula is C22H31Cl3N4O9. The number of rotatable bonds is 6. The summed E-state index contributed by atoms with van der Waals surface area (Å²) in [6, 6.07) is 4.63. The number of guanidine groups is 1. The van der Waals surface area contributed by atoms with Crippen LogP contribution in [0.1, 0.15) is 65.9 Å². The molecule has 38 heavy (non-hydrogen) atoms. The summed E-state index contributed by atoms with van der Waals surface area (Å²) in [4.78, 5) is 60.6. The number of aliphatic hydroxyl groups excluding tert-OH is 1. The van der Waals surface area contributed by atoms with Crippen molar-refractivity contribution in [3.8, 4) is 0 Å². The maximum atomic E-state index is 11.8. The van der Waals surface area contributed by atoms with Crippen LogP contribution in [0.5, 0.6) is 0 Å². The molecule has 1 saturated heterocycles. The number of aliphatic hydroxyl groups is 1. The van der Waals surface area contributed by atoms with Gasteiger partial charge in [-0.1, -0.05) is 41.2 Å². The number of alkyl carbamates (subject to hydrolysis) is 1. The van der Waals surface area contributed by atoms with Crippen LogP contribution in [0.25, 0.3) is 0 Å². The molecule has 1 heterocycles. The van der Waals surface area contributed by atoms with E-state index in [9.17, 15) is 24.0 Å². The number of ether oxygens (including phenoxy) is 2. The van der Waals surface area contributed by atoms with Gasteiger partial charge in [0.25, 0.3) is 11.8 Å². The first kappa shape index (κ1) is 17.5. The molecule has 1 fully saturated rings. The molecule has 0 aliphatic carbocycles. The lowest BCUT2D eigenvalue weighted by atomic mass is 10.1. The number of benzene rings is 1. The molecule has 0 unspecified atom stereocenters. The second-order valence-electron chi connectivity index (χ2n) is 5.88. The topological polar surface area (TPSA) is 184 Å². The normalized spacial score (nSPS) is 19.4. The first-order valence-corrected chi connectivity index (χ1v) is 10.1. The van der Waals surface area contributed by atoms with Gasteiger partial charge in [-0.3, -0.25) is 35.3 Å². The van der Waals surface area contributed by atoms with E-state index >= 15 is 0 Å². The van der Waals surface area contributed by atoms with E-state index in [2.05, 4.69) is 14.3 Å². The van der Waals surface area contributed by atoms with Crippen molar-refractivity contribution in [3.63, 3.8) is 0 Å². The van der Waals surface area contributed by atoms with E-state index in [0.29, 0.717) is 5.56 Å². The van der Waals surface area contributed by atoms with E-state index in [-0.39, 0.29) is 46.8 Å². The van der Waals surface area contributed by atoms with Gasteiger partial charge in [0.15, 0.2) is 0 Å². The molecule has 214 valence electrons. The van der Waals surface area contributed by atoms with E-state index in [1.54, 1.807) is 11.4 Å².